The van der Waals surface area contributed by atoms with E-state index in [4.69, 9.17) is 0 Å². The maximum atomic E-state index is 11.6. The van der Waals surface area contributed by atoms with Crippen LogP contribution in [0.2, 0.25) is 0 Å². The van der Waals surface area contributed by atoms with Crippen molar-refractivity contribution in [3.8, 4) is 11.8 Å². The third kappa shape index (κ3) is 4.83. The number of para-hydroxylation sites is 1. The molecule has 114 valence electrons. The number of amides is 2. The number of benzene rings is 1. The molecule has 0 atom stereocenters. The molecule has 0 saturated heterocycles. The Labute approximate surface area is 135 Å². The van der Waals surface area contributed by atoms with Crippen LogP contribution in [0.3, 0.4) is 0 Å². The van der Waals surface area contributed by atoms with Crippen LogP contribution in [0.15, 0.2) is 41.8 Å². The topological polar surface area (TPSA) is 44.4 Å². The quantitative estimate of drug-likeness (QED) is 0.852. The summed E-state index contributed by atoms with van der Waals surface area (Å²) in [5, 5.41) is 7.52. The Morgan fingerprint density at radius 2 is 2.00 bits per heavy atom. The van der Waals surface area contributed by atoms with Crippen molar-refractivity contribution in [1.82, 2.24) is 10.6 Å². The largest absolute Gasteiger partial charge is 0.377 e. The third-order valence-corrected chi connectivity index (χ3v) is 3.83. The van der Waals surface area contributed by atoms with Gasteiger partial charge < -0.3 is 15.5 Å². The second-order valence-corrected chi connectivity index (χ2v) is 5.86. The number of urea groups is 1. The van der Waals surface area contributed by atoms with Crippen molar-refractivity contribution in [2.75, 3.05) is 25.5 Å². The number of carbonyl (C=O) groups excluding carboxylic acids is 1. The van der Waals surface area contributed by atoms with Crippen LogP contribution in [-0.2, 0) is 6.54 Å². The summed E-state index contributed by atoms with van der Waals surface area (Å²) in [7, 11) is 3.97. The zero-order valence-electron chi connectivity index (χ0n) is 12.7. The summed E-state index contributed by atoms with van der Waals surface area (Å²) in [4.78, 5) is 14.8. The molecule has 0 saturated carbocycles. The molecule has 1 aromatic heterocycles. The van der Waals surface area contributed by atoms with Gasteiger partial charge in [0.15, 0.2) is 0 Å². The third-order valence-electron chi connectivity index (χ3n) is 2.95. The molecule has 2 amide bonds. The van der Waals surface area contributed by atoms with E-state index in [9.17, 15) is 4.79 Å². The highest BCUT2D eigenvalue weighted by Crippen LogP contribution is 2.16. The van der Waals surface area contributed by atoms with Crippen LogP contribution >= 0.6 is 11.3 Å². The molecule has 5 heteroatoms. The van der Waals surface area contributed by atoms with Gasteiger partial charge in [-0.2, -0.15) is 0 Å². The highest BCUT2D eigenvalue weighted by atomic mass is 32.1. The van der Waals surface area contributed by atoms with E-state index in [0.717, 1.165) is 16.1 Å². The molecule has 0 bridgehead atoms. The predicted molar refractivity (Wildman–Crippen MR) is 92.2 cm³/mol. The van der Waals surface area contributed by atoms with E-state index in [1.54, 1.807) is 11.3 Å². The summed E-state index contributed by atoms with van der Waals surface area (Å²) in [6.07, 6.45) is 0. The van der Waals surface area contributed by atoms with Crippen LogP contribution in [0.1, 0.15) is 10.4 Å². The van der Waals surface area contributed by atoms with E-state index in [1.165, 1.54) is 0 Å². The highest BCUT2D eigenvalue weighted by molar-refractivity contribution is 7.09. The van der Waals surface area contributed by atoms with Gasteiger partial charge in [-0.1, -0.05) is 30.0 Å². The maximum Gasteiger partial charge on any atom is 0.315 e. The first kappa shape index (κ1) is 15.9. The molecular formula is C17H19N3OS. The number of hydrogen-bond donors (Lipinski definition) is 2. The van der Waals surface area contributed by atoms with Crippen molar-refractivity contribution in [1.29, 1.82) is 0 Å². The first-order chi connectivity index (χ1) is 10.7. The Kier molecular flexibility index (Phi) is 5.87. The minimum absolute atomic E-state index is 0.205. The molecule has 2 N–H and O–H groups in total. The molecule has 1 heterocycles. The van der Waals surface area contributed by atoms with Crippen molar-refractivity contribution >= 4 is 23.1 Å². The standard InChI is InChI=1S/C17H19N3OS/c1-20(2)16-10-4-3-7-14(16)8-5-11-18-17(21)19-13-15-9-6-12-22-15/h3-4,6-7,9-10,12H,11,13H2,1-2H3,(H2,18,19,21). The second-order valence-electron chi connectivity index (χ2n) is 4.83. The molecule has 0 aliphatic carbocycles. The Morgan fingerprint density at radius 1 is 1.18 bits per heavy atom. The Balaban J connectivity index is 1.80. The lowest BCUT2D eigenvalue weighted by molar-refractivity contribution is 0.242. The molecule has 1 aromatic carbocycles. The van der Waals surface area contributed by atoms with Crippen LogP contribution in [0.25, 0.3) is 0 Å². The number of nitrogens with zero attached hydrogens (tertiary/aromatic N) is 1. The van der Waals surface area contributed by atoms with Gasteiger partial charge in [-0.25, -0.2) is 4.79 Å². The number of anilines is 1. The summed E-state index contributed by atoms with van der Waals surface area (Å²) in [5.41, 5.74) is 2.02. The number of nitrogens with one attached hydrogen (secondary N) is 2. The lowest BCUT2D eigenvalue weighted by Crippen LogP contribution is -2.34. The average Bonchev–Trinajstić information content (AvgIpc) is 3.03. The Morgan fingerprint density at radius 3 is 2.73 bits per heavy atom. The van der Waals surface area contributed by atoms with Gasteiger partial charge in [0.1, 0.15) is 0 Å². The van der Waals surface area contributed by atoms with E-state index in [0.29, 0.717) is 13.1 Å². The molecule has 0 fully saturated rings. The van der Waals surface area contributed by atoms with Gasteiger partial charge in [0.25, 0.3) is 0 Å². The van der Waals surface area contributed by atoms with Crippen molar-refractivity contribution in [2.45, 2.75) is 6.54 Å². The Bertz CT molecular complexity index is 669. The van der Waals surface area contributed by atoms with E-state index in [-0.39, 0.29) is 6.03 Å². The molecule has 0 aliphatic heterocycles. The molecular weight excluding hydrogens is 294 g/mol. The molecule has 0 unspecified atom stereocenters. The Hall–Kier alpha value is -2.45. The van der Waals surface area contributed by atoms with E-state index < -0.39 is 0 Å². The predicted octanol–water partition coefficient (Wildman–Crippen LogP) is 2.67. The normalized spacial score (nSPS) is 9.55. The smallest absolute Gasteiger partial charge is 0.315 e. The van der Waals surface area contributed by atoms with Crippen LogP contribution in [0.4, 0.5) is 10.5 Å². The number of rotatable bonds is 4. The highest BCUT2D eigenvalue weighted by Gasteiger charge is 2.00. The molecule has 0 spiro atoms. The van der Waals surface area contributed by atoms with Gasteiger partial charge in [0.2, 0.25) is 0 Å². The molecule has 0 aliphatic rings. The first-order valence-corrected chi connectivity index (χ1v) is 7.84. The van der Waals surface area contributed by atoms with Gasteiger partial charge in [-0.15, -0.1) is 11.3 Å². The molecule has 2 aromatic rings. The van der Waals surface area contributed by atoms with E-state index in [1.807, 2.05) is 60.8 Å². The monoisotopic (exact) mass is 313 g/mol. The zero-order chi connectivity index (χ0) is 15.8. The SMILES string of the molecule is CN(C)c1ccccc1C#CCNC(=O)NCc1cccs1. The minimum atomic E-state index is -0.205. The summed E-state index contributed by atoms with van der Waals surface area (Å²) in [6, 6.07) is 11.7. The summed E-state index contributed by atoms with van der Waals surface area (Å²) >= 11 is 1.62. The van der Waals surface area contributed by atoms with E-state index >= 15 is 0 Å². The minimum Gasteiger partial charge on any atom is -0.377 e. The van der Waals surface area contributed by atoms with Crippen molar-refractivity contribution in [3.05, 3.63) is 52.2 Å². The molecule has 4 nitrogen and oxygen atoms in total. The van der Waals surface area contributed by atoms with E-state index in [2.05, 4.69) is 22.5 Å². The molecule has 0 radical (unpaired) electrons. The zero-order valence-corrected chi connectivity index (χ0v) is 13.5. The summed E-state index contributed by atoms with van der Waals surface area (Å²) in [5.74, 6) is 6.06. The van der Waals surface area contributed by atoms with Crippen LogP contribution < -0.4 is 15.5 Å². The molecule has 22 heavy (non-hydrogen) atoms. The second kappa shape index (κ2) is 8.11. The van der Waals surface area contributed by atoms with Gasteiger partial charge in [-0.05, 0) is 23.6 Å². The lowest BCUT2D eigenvalue weighted by atomic mass is 10.1. The fraction of sp³-hybridized carbons (Fsp3) is 0.235. The fourth-order valence-corrected chi connectivity index (χ4v) is 2.52. The summed E-state index contributed by atoms with van der Waals surface area (Å²) < 4.78 is 0. The van der Waals surface area contributed by atoms with Crippen LogP contribution in [0.5, 0.6) is 0 Å². The number of carbonyl (C=O) groups is 1. The van der Waals surface area contributed by atoms with Gasteiger partial charge in [-0.3, -0.25) is 0 Å². The van der Waals surface area contributed by atoms with Gasteiger partial charge in [0.05, 0.1) is 18.8 Å². The van der Waals surface area contributed by atoms with Crippen molar-refractivity contribution in [3.63, 3.8) is 0 Å². The van der Waals surface area contributed by atoms with Gasteiger partial charge >= 0.3 is 6.03 Å². The maximum absolute atomic E-state index is 11.6. The molecule has 2 rings (SSSR count). The lowest BCUT2D eigenvalue weighted by Gasteiger charge is -2.13. The average molecular weight is 313 g/mol. The number of hydrogen-bond acceptors (Lipinski definition) is 3. The summed E-state index contributed by atoms with van der Waals surface area (Å²) in [6.45, 7) is 0.860. The van der Waals surface area contributed by atoms with Gasteiger partial charge in [0, 0.05) is 24.5 Å². The van der Waals surface area contributed by atoms with Crippen LogP contribution in [0, 0.1) is 11.8 Å². The fourth-order valence-electron chi connectivity index (χ4n) is 1.88. The van der Waals surface area contributed by atoms with Crippen molar-refractivity contribution < 1.29 is 4.79 Å². The number of thiophene rings is 1. The van der Waals surface area contributed by atoms with Crippen molar-refractivity contribution in [2.24, 2.45) is 0 Å². The van der Waals surface area contributed by atoms with Crippen LogP contribution in [-0.4, -0.2) is 26.7 Å². The first-order valence-electron chi connectivity index (χ1n) is 6.96.